The Morgan fingerprint density at radius 2 is 2.24 bits per heavy atom. The van der Waals surface area contributed by atoms with Crippen LogP contribution < -0.4 is 5.32 Å². The number of nitrogens with one attached hydrogen (secondary N) is 1. The number of hydrogen-bond donors (Lipinski definition) is 1. The van der Waals surface area contributed by atoms with Gasteiger partial charge >= 0.3 is 0 Å². The average molecular weight is 252 g/mol. The van der Waals surface area contributed by atoms with E-state index in [1.807, 2.05) is 11.2 Å². The van der Waals surface area contributed by atoms with E-state index in [4.69, 9.17) is 0 Å². The van der Waals surface area contributed by atoms with Gasteiger partial charge in [-0.3, -0.25) is 9.78 Å². The molecule has 1 aromatic heterocycles. The fraction of sp³-hybridized carbons (Fsp3) is 0.545. The summed E-state index contributed by atoms with van der Waals surface area (Å²) in [7, 11) is 0. The molecule has 1 saturated heterocycles. The Bertz CT molecular complexity index is 393. The molecule has 1 fully saturated rings. The molecule has 5 nitrogen and oxygen atoms in total. The van der Waals surface area contributed by atoms with E-state index in [-0.39, 0.29) is 5.91 Å². The molecule has 2 heterocycles. The summed E-state index contributed by atoms with van der Waals surface area (Å²) < 4.78 is 0. The first-order chi connectivity index (χ1) is 8.29. The molecular formula is C11H16N4OS. The summed E-state index contributed by atoms with van der Waals surface area (Å²) in [6.07, 6.45) is 7.53. The molecule has 0 saturated carbocycles. The van der Waals surface area contributed by atoms with Crippen molar-refractivity contribution in [1.29, 1.82) is 0 Å². The summed E-state index contributed by atoms with van der Waals surface area (Å²) in [5, 5.41) is 3.87. The minimum atomic E-state index is 0.138. The van der Waals surface area contributed by atoms with Crippen LogP contribution in [0.15, 0.2) is 17.4 Å². The minimum absolute atomic E-state index is 0.138. The van der Waals surface area contributed by atoms with Crippen molar-refractivity contribution in [3.8, 4) is 0 Å². The molecule has 0 aliphatic carbocycles. The zero-order valence-electron chi connectivity index (χ0n) is 9.85. The normalized spacial score (nSPS) is 15.0. The topological polar surface area (TPSA) is 58.1 Å². The molecule has 0 radical (unpaired) electrons. The van der Waals surface area contributed by atoms with Crippen LogP contribution in [0.4, 0.5) is 5.82 Å². The van der Waals surface area contributed by atoms with Crippen molar-refractivity contribution in [2.45, 2.75) is 17.9 Å². The van der Waals surface area contributed by atoms with E-state index in [9.17, 15) is 4.79 Å². The molecule has 0 bridgehead atoms. The average Bonchev–Trinajstić information content (AvgIpc) is 2.90. The highest BCUT2D eigenvalue weighted by molar-refractivity contribution is 7.98. The molecule has 2 rings (SSSR count). The number of anilines is 1. The number of rotatable bonds is 4. The Balaban J connectivity index is 1.86. The van der Waals surface area contributed by atoms with Crippen LogP contribution in [0.25, 0.3) is 0 Å². The second-order valence-corrected chi connectivity index (χ2v) is 4.71. The van der Waals surface area contributed by atoms with E-state index in [0.29, 0.717) is 12.4 Å². The number of aromatic nitrogens is 2. The molecule has 0 atom stereocenters. The number of hydrogen-bond acceptors (Lipinski definition) is 5. The molecule has 1 N–H and O–H groups in total. The van der Waals surface area contributed by atoms with Crippen molar-refractivity contribution >= 4 is 23.5 Å². The van der Waals surface area contributed by atoms with Crippen molar-refractivity contribution in [3.05, 3.63) is 12.4 Å². The Morgan fingerprint density at radius 1 is 1.47 bits per heavy atom. The van der Waals surface area contributed by atoms with Gasteiger partial charge in [0, 0.05) is 13.1 Å². The van der Waals surface area contributed by atoms with Crippen LogP contribution in [0.5, 0.6) is 0 Å². The quantitative estimate of drug-likeness (QED) is 0.817. The summed E-state index contributed by atoms with van der Waals surface area (Å²) in [6, 6.07) is 0. The molecule has 6 heteroatoms. The maximum absolute atomic E-state index is 11.8. The number of carbonyl (C=O) groups excluding carboxylic acids is 1. The van der Waals surface area contributed by atoms with Gasteiger partial charge in [-0.05, 0) is 19.1 Å². The van der Waals surface area contributed by atoms with E-state index in [1.165, 1.54) is 11.8 Å². The molecule has 1 aromatic rings. The van der Waals surface area contributed by atoms with Crippen molar-refractivity contribution in [2.75, 3.05) is 31.2 Å². The number of amides is 1. The largest absolute Gasteiger partial charge is 0.360 e. The van der Waals surface area contributed by atoms with Gasteiger partial charge in [-0.2, -0.15) is 0 Å². The highest BCUT2D eigenvalue weighted by Crippen LogP contribution is 2.12. The van der Waals surface area contributed by atoms with Crippen molar-refractivity contribution in [3.63, 3.8) is 0 Å². The third-order valence-electron chi connectivity index (χ3n) is 2.70. The van der Waals surface area contributed by atoms with Gasteiger partial charge in [-0.15, -0.1) is 11.8 Å². The van der Waals surface area contributed by atoms with Crippen LogP contribution in [-0.4, -0.2) is 46.7 Å². The lowest BCUT2D eigenvalue weighted by Gasteiger charge is -2.15. The summed E-state index contributed by atoms with van der Waals surface area (Å²) in [5.41, 5.74) is 0. The fourth-order valence-corrected chi connectivity index (χ4v) is 2.13. The van der Waals surface area contributed by atoms with E-state index < -0.39 is 0 Å². The number of likely N-dealkylation sites (tertiary alicyclic amines) is 1. The van der Waals surface area contributed by atoms with Gasteiger partial charge in [0.25, 0.3) is 0 Å². The lowest BCUT2D eigenvalue weighted by atomic mass is 10.4. The number of carbonyl (C=O) groups is 1. The smallest absolute Gasteiger partial charge is 0.241 e. The molecule has 0 aromatic carbocycles. The standard InChI is InChI=1S/C11H16N4OS/c1-17-10-7-12-6-9(14-10)13-8-11(16)15-4-2-3-5-15/h6-7H,2-5,8H2,1H3,(H,13,14). The minimum Gasteiger partial charge on any atom is -0.360 e. The summed E-state index contributed by atoms with van der Waals surface area (Å²) in [5.74, 6) is 0.795. The highest BCUT2D eigenvalue weighted by Gasteiger charge is 2.17. The summed E-state index contributed by atoms with van der Waals surface area (Å²) >= 11 is 1.53. The summed E-state index contributed by atoms with van der Waals surface area (Å²) in [4.78, 5) is 22.0. The second kappa shape index (κ2) is 5.86. The Hall–Kier alpha value is -1.30. The van der Waals surface area contributed by atoms with Gasteiger partial charge in [0.1, 0.15) is 10.8 Å². The molecular weight excluding hydrogens is 236 g/mol. The van der Waals surface area contributed by atoms with Crippen molar-refractivity contribution in [1.82, 2.24) is 14.9 Å². The monoisotopic (exact) mass is 252 g/mol. The molecule has 1 aliphatic heterocycles. The van der Waals surface area contributed by atoms with Gasteiger partial charge in [0.15, 0.2) is 0 Å². The van der Waals surface area contributed by atoms with E-state index in [2.05, 4.69) is 15.3 Å². The van der Waals surface area contributed by atoms with Gasteiger partial charge in [-0.1, -0.05) is 0 Å². The molecule has 92 valence electrons. The van der Waals surface area contributed by atoms with Crippen LogP contribution in [0.3, 0.4) is 0 Å². The molecule has 17 heavy (non-hydrogen) atoms. The lowest BCUT2D eigenvalue weighted by molar-refractivity contribution is -0.128. The summed E-state index contributed by atoms with van der Waals surface area (Å²) in [6.45, 7) is 2.07. The van der Waals surface area contributed by atoms with Gasteiger partial charge in [0.2, 0.25) is 5.91 Å². The number of nitrogens with zero attached hydrogens (tertiary/aromatic N) is 3. The SMILES string of the molecule is CSc1cncc(NCC(=O)N2CCCC2)n1. The maximum atomic E-state index is 11.8. The third-order valence-corrected chi connectivity index (χ3v) is 3.32. The van der Waals surface area contributed by atoms with Crippen LogP contribution in [-0.2, 0) is 4.79 Å². The first-order valence-electron chi connectivity index (χ1n) is 5.67. The Labute approximate surface area is 105 Å². The van der Waals surface area contributed by atoms with Crippen molar-refractivity contribution in [2.24, 2.45) is 0 Å². The number of thioether (sulfide) groups is 1. The Kier molecular flexibility index (Phi) is 4.19. The highest BCUT2D eigenvalue weighted by atomic mass is 32.2. The Morgan fingerprint density at radius 3 is 2.94 bits per heavy atom. The van der Waals surface area contributed by atoms with Crippen molar-refractivity contribution < 1.29 is 4.79 Å². The van der Waals surface area contributed by atoms with Gasteiger partial charge < -0.3 is 10.2 Å². The van der Waals surface area contributed by atoms with Crippen LogP contribution in [0.2, 0.25) is 0 Å². The fourth-order valence-electron chi connectivity index (χ4n) is 1.78. The van der Waals surface area contributed by atoms with Gasteiger partial charge in [-0.25, -0.2) is 4.98 Å². The van der Waals surface area contributed by atoms with E-state index in [1.54, 1.807) is 12.4 Å². The molecule has 1 amide bonds. The third kappa shape index (κ3) is 3.33. The van der Waals surface area contributed by atoms with E-state index in [0.717, 1.165) is 31.0 Å². The second-order valence-electron chi connectivity index (χ2n) is 3.89. The van der Waals surface area contributed by atoms with Gasteiger partial charge in [0.05, 0.1) is 18.9 Å². The predicted octanol–water partition coefficient (Wildman–Crippen LogP) is 1.23. The van der Waals surface area contributed by atoms with E-state index >= 15 is 0 Å². The van der Waals surface area contributed by atoms with Crippen LogP contribution >= 0.6 is 11.8 Å². The predicted molar refractivity (Wildman–Crippen MR) is 68.1 cm³/mol. The zero-order chi connectivity index (χ0) is 12.1. The molecule has 0 unspecified atom stereocenters. The van der Waals surface area contributed by atoms with Crippen LogP contribution in [0, 0.1) is 0 Å². The van der Waals surface area contributed by atoms with Crippen LogP contribution in [0.1, 0.15) is 12.8 Å². The zero-order valence-corrected chi connectivity index (χ0v) is 10.7. The maximum Gasteiger partial charge on any atom is 0.241 e. The lowest BCUT2D eigenvalue weighted by Crippen LogP contribution is -2.33. The molecule has 0 spiro atoms. The first kappa shape index (κ1) is 12.2. The first-order valence-corrected chi connectivity index (χ1v) is 6.90. The molecule has 1 aliphatic rings.